The molecule has 7 heteroatoms. The van der Waals surface area contributed by atoms with Crippen molar-refractivity contribution in [2.75, 3.05) is 32.4 Å². The van der Waals surface area contributed by atoms with Gasteiger partial charge in [-0.05, 0) is 37.1 Å². The molecule has 2 N–H and O–H groups in total. The molecule has 1 aliphatic rings. The molecule has 1 aliphatic heterocycles. The van der Waals surface area contributed by atoms with Crippen LogP contribution in [0, 0.1) is 0 Å². The van der Waals surface area contributed by atoms with Gasteiger partial charge in [0.2, 0.25) is 0 Å². The largest absolute Gasteiger partial charge is 0.355 e. The molecule has 2 aromatic carbocycles. The average molecular weight is 415 g/mol. The second-order valence-electron chi connectivity index (χ2n) is 7.26. The first-order valence-electron chi connectivity index (χ1n) is 10.1. The standard InChI is InChI=1S/C22H30N4O2S/c1-23-22(24-14-16-29(27,28)21-12-6-3-7-13-21)25-17-20-11-8-15-26(20)18-19-9-4-2-5-10-19/h2-7,9-10,12-13,20H,8,11,14-18H2,1H3,(H2,23,24,25). The molecular formula is C22H30N4O2S. The lowest BCUT2D eigenvalue weighted by molar-refractivity contribution is 0.245. The van der Waals surface area contributed by atoms with E-state index in [1.165, 1.54) is 12.0 Å². The van der Waals surface area contributed by atoms with E-state index in [0.717, 1.165) is 26.1 Å². The Bertz CT molecular complexity index is 886. The lowest BCUT2D eigenvalue weighted by Crippen LogP contribution is -2.45. The topological polar surface area (TPSA) is 73.8 Å². The Morgan fingerprint density at radius 1 is 1.07 bits per heavy atom. The molecule has 0 amide bonds. The first-order valence-corrected chi connectivity index (χ1v) is 11.7. The monoisotopic (exact) mass is 414 g/mol. The van der Waals surface area contributed by atoms with Crippen LogP contribution in [0.3, 0.4) is 0 Å². The highest BCUT2D eigenvalue weighted by molar-refractivity contribution is 7.91. The number of rotatable bonds is 8. The number of guanidine groups is 1. The van der Waals surface area contributed by atoms with Crippen LogP contribution in [0.5, 0.6) is 0 Å². The van der Waals surface area contributed by atoms with E-state index in [-0.39, 0.29) is 5.75 Å². The molecule has 3 rings (SSSR count). The van der Waals surface area contributed by atoms with Crippen molar-refractivity contribution in [3.8, 4) is 0 Å². The van der Waals surface area contributed by atoms with Crippen LogP contribution in [0.25, 0.3) is 0 Å². The first kappa shape index (κ1) is 21.3. The summed E-state index contributed by atoms with van der Waals surface area (Å²) in [5.41, 5.74) is 1.33. The summed E-state index contributed by atoms with van der Waals surface area (Å²) in [5, 5.41) is 6.48. The lowest BCUT2D eigenvalue weighted by Gasteiger charge is -2.25. The van der Waals surface area contributed by atoms with Gasteiger partial charge in [0.15, 0.2) is 15.8 Å². The van der Waals surface area contributed by atoms with Crippen molar-refractivity contribution in [2.45, 2.75) is 30.3 Å². The number of hydrogen-bond acceptors (Lipinski definition) is 4. The average Bonchev–Trinajstić information content (AvgIpc) is 3.18. The van der Waals surface area contributed by atoms with E-state index >= 15 is 0 Å². The van der Waals surface area contributed by atoms with Gasteiger partial charge in [0.1, 0.15) is 0 Å². The highest BCUT2D eigenvalue weighted by atomic mass is 32.2. The minimum Gasteiger partial charge on any atom is -0.355 e. The molecule has 0 saturated carbocycles. The van der Waals surface area contributed by atoms with Crippen molar-refractivity contribution in [1.29, 1.82) is 0 Å². The Kier molecular flexibility index (Phi) is 7.66. The number of benzene rings is 2. The maximum atomic E-state index is 12.4. The lowest BCUT2D eigenvalue weighted by atomic mass is 10.2. The van der Waals surface area contributed by atoms with Crippen LogP contribution in [0.2, 0.25) is 0 Å². The van der Waals surface area contributed by atoms with Crippen LogP contribution >= 0.6 is 0 Å². The van der Waals surface area contributed by atoms with Gasteiger partial charge in [0, 0.05) is 32.7 Å². The second-order valence-corrected chi connectivity index (χ2v) is 9.37. The summed E-state index contributed by atoms with van der Waals surface area (Å²) in [7, 11) is -1.59. The van der Waals surface area contributed by atoms with Crippen LogP contribution in [0.15, 0.2) is 70.6 Å². The molecule has 1 saturated heterocycles. The zero-order valence-electron chi connectivity index (χ0n) is 16.9. The van der Waals surface area contributed by atoms with Crippen molar-refractivity contribution in [3.05, 3.63) is 66.2 Å². The molecule has 1 fully saturated rings. The van der Waals surface area contributed by atoms with Crippen molar-refractivity contribution >= 4 is 15.8 Å². The Labute approximate surface area is 174 Å². The fraction of sp³-hybridized carbons (Fsp3) is 0.409. The first-order chi connectivity index (χ1) is 14.1. The van der Waals surface area contributed by atoms with E-state index in [2.05, 4.69) is 44.8 Å². The van der Waals surface area contributed by atoms with Gasteiger partial charge >= 0.3 is 0 Å². The van der Waals surface area contributed by atoms with Crippen molar-refractivity contribution < 1.29 is 8.42 Å². The van der Waals surface area contributed by atoms with Crippen LogP contribution in [-0.2, 0) is 16.4 Å². The quantitative estimate of drug-likeness (QED) is 0.512. The molecule has 156 valence electrons. The third-order valence-corrected chi connectivity index (χ3v) is 6.95. The van der Waals surface area contributed by atoms with E-state index in [9.17, 15) is 8.42 Å². The van der Waals surface area contributed by atoms with Gasteiger partial charge in [-0.1, -0.05) is 48.5 Å². The minimum atomic E-state index is -3.29. The Morgan fingerprint density at radius 3 is 2.45 bits per heavy atom. The van der Waals surface area contributed by atoms with Gasteiger partial charge in [-0.15, -0.1) is 0 Å². The van der Waals surface area contributed by atoms with Gasteiger partial charge in [-0.2, -0.15) is 0 Å². The van der Waals surface area contributed by atoms with Crippen LogP contribution in [-0.4, -0.2) is 57.8 Å². The number of nitrogens with zero attached hydrogens (tertiary/aromatic N) is 2. The van der Waals surface area contributed by atoms with E-state index in [1.54, 1.807) is 31.3 Å². The number of aliphatic imine (C=N–C) groups is 1. The molecule has 6 nitrogen and oxygen atoms in total. The Morgan fingerprint density at radius 2 is 1.76 bits per heavy atom. The molecule has 0 bridgehead atoms. The molecule has 0 spiro atoms. The zero-order valence-corrected chi connectivity index (χ0v) is 17.7. The predicted octanol–water partition coefficient (Wildman–Crippen LogP) is 2.29. The molecule has 29 heavy (non-hydrogen) atoms. The molecule has 1 unspecified atom stereocenters. The molecule has 0 radical (unpaired) electrons. The third kappa shape index (κ3) is 6.30. The van der Waals surface area contributed by atoms with E-state index in [4.69, 9.17) is 0 Å². The smallest absolute Gasteiger partial charge is 0.191 e. The normalized spacial score (nSPS) is 18.0. The highest BCUT2D eigenvalue weighted by Gasteiger charge is 2.24. The van der Waals surface area contributed by atoms with Crippen molar-refractivity contribution in [3.63, 3.8) is 0 Å². The van der Waals surface area contributed by atoms with E-state index in [0.29, 0.717) is 23.4 Å². The maximum Gasteiger partial charge on any atom is 0.191 e. The third-order valence-electron chi connectivity index (χ3n) is 5.22. The minimum absolute atomic E-state index is 0.0290. The zero-order chi connectivity index (χ0) is 20.5. The molecule has 2 aromatic rings. The van der Waals surface area contributed by atoms with Crippen molar-refractivity contribution in [2.24, 2.45) is 4.99 Å². The summed E-state index contributed by atoms with van der Waals surface area (Å²) in [6, 6.07) is 19.5. The second kappa shape index (κ2) is 10.4. The summed E-state index contributed by atoms with van der Waals surface area (Å²) < 4.78 is 24.8. The molecular weight excluding hydrogens is 384 g/mol. The fourth-order valence-corrected chi connectivity index (χ4v) is 4.82. The van der Waals surface area contributed by atoms with Gasteiger partial charge in [-0.3, -0.25) is 9.89 Å². The molecule has 0 aliphatic carbocycles. The number of likely N-dealkylation sites (tertiary alicyclic amines) is 1. The Hall–Kier alpha value is -2.38. The van der Waals surface area contributed by atoms with Crippen LogP contribution in [0.4, 0.5) is 0 Å². The fourth-order valence-electron chi connectivity index (χ4n) is 3.64. The molecule has 0 aromatic heterocycles. The molecule has 1 atom stereocenters. The van der Waals surface area contributed by atoms with Crippen LogP contribution < -0.4 is 10.6 Å². The number of sulfone groups is 1. The van der Waals surface area contributed by atoms with Gasteiger partial charge in [0.25, 0.3) is 0 Å². The maximum absolute atomic E-state index is 12.4. The highest BCUT2D eigenvalue weighted by Crippen LogP contribution is 2.19. The van der Waals surface area contributed by atoms with Crippen LogP contribution in [0.1, 0.15) is 18.4 Å². The summed E-state index contributed by atoms with van der Waals surface area (Å²) in [6.07, 6.45) is 2.35. The van der Waals surface area contributed by atoms with E-state index < -0.39 is 9.84 Å². The van der Waals surface area contributed by atoms with Crippen molar-refractivity contribution in [1.82, 2.24) is 15.5 Å². The SMILES string of the molecule is CN=C(NCCS(=O)(=O)c1ccccc1)NCC1CCCN1Cc1ccccc1. The Balaban J connectivity index is 1.45. The van der Waals surface area contributed by atoms with Gasteiger partial charge < -0.3 is 10.6 Å². The summed E-state index contributed by atoms with van der Waals surface area (Å²) in [5.74, 6) is 0.668. The van der Waals surface area contributed by atoms with E-state index in [1.807, 2.05) is 12.1 Å². The molecule has 1 heterocycles. The van der Waals surface area contributed by atoms with Gasteiger partial charge in [0.05, 0.1) is 10.6 Å². The van der Waals surface area contributed by atoms with Gasteiger partial charge in [-0.25, -0.2) is 8.42 Å². The number of hydrogen-bond donors (Lipinski definition) is 2. The number of nitrogens with one attached hydrogen (secondary N) is 2. The summed E-state index contributed by atoms with van der Waals surface area (Å²) in [4.78, 5) is 7.08. The summed E-state index contributed by atoms with van der Waals surface area (Å²) >= 11 is 0. The summed E-state index contributed by atoms with van der Waals surface area (Å²) in [6.45, 7) is 3.16. The predicted molar refractivity (Wildman–Crippen MR) is 118 cm³/mol.